The molecule has 1 fully saturated rings. The minimum Gasteiger partial charge on any atom is -0.402 e. The largest absolute Gasteiger partial charge is 0.402 e. The van der Waals surface area contributed by atoms with Gasteiger partial charge in [0.1, 0.15) is 6.10 Å². The van der Waals surface area contributed by atoms with Crippen LogP contribution in [0.1, 0.15) is 54.9 Å². The van der Waals surface area contributed by atoms with Crippen molar-refractivity contribution in [3.8, 4) is 0 Å². The van der Waals surface area contributed by atoms with Gasteiger partial charge in [-0.1, -0.05) is 95.3 Å². The zero-order valence-electron chi connectivity index (χ0n) is 21.9. The van der Waals surface area contributed by atoms with Crippen LogP contribution in [0.2, 0.25) is 5.04 Å². The van der Waals surface area contributed by atoms with Gasteiger partial charge in [-0.3, -0.25) is 0 Å². The molecule has 6 heteroatoms. The fourth-order valence-corrected chi connectivity index (χ4v) is 12.2. The van der Waals surface area contributed by atoms with Crippen molar-refractivity contribution >= 4 is 42.2 Å². The molecule has 1 aliphatic heterocycles. The molecule has 1 heterocycles. The monoisotopic (exact) mass is 518 g/mol. The standard InChI is InChI=1S/C28H42O3S2Si/c1-8-32-26(33-9-2)20-24(25-21-29-28(6,7)30-25)31-34(27(3,4)5,22-16-12-10-13-17-22)23-18-14-11-15-19-23/h10-19,24-26H,8-9,20-21H2,1-7H3/t24-,25+/m1/s1. The Morgan fingerprint density at radius 3 is 1.82 bits per heavy atom. The lowest BCUT2D eigenvalue weighted by atomic mass is 10.1. The zero-order chi connectivity index (χ0) is 24.8. The van der Waals surface area contributed by atoms with Gasteiger partial charge in [0.25, 0.3) is 8.32 Å². The van der Waals surface area contributed by atoms with Crippen molar-refractivity contribution in [3.63, 3.8) is 0 Å². The van der Waals surface area contributed by atoms with Gasteiger partial charge in [-0.15, -0.1) is 23.5 Å². The normalized spacial score (nSPS) is 19.5. The second kappa shape index (κ2) is 12.0. The third kappa shape index (κ3) is 6.51. The molecule has 3 rings (SSSR count). The van der Waals surface area contributed by atoms with E-state index in [0.717, 1.165) is 17.9 Å². The first-order chi connectivity index (χ1) is 16.1. The number of ether oxygens (including phenoxy) is 2. The fourth-order valence-electron chi connectivity index (χ4n) is 4.84. The van der Waals surface area contributed by atoms with Crippen LogP contribution in [0.15, 0.2) is 60.7 Å². The summed E-state index contributed by atoms with van der Waals surface area (Å²) in [5, 5.41) is 2.54. The molecule has 2 aromatic rings. The molecular weight excluding hydrogens is 477 g/mol. The van der Waals surface area contributed by atoms with E-state index in [1.807, 2.05) is 37.4 Å². The molecule has 1 saturated heterocycles. The summed E-state index contributed by atoms with van der Waals surface area (Å²) in [6.07, 6.45) is 0.788. The van der Waals surface area contributed by atoms with Gasteiger partial charge >= 0.3 is 0 Å². The van der Waals surface area contributed by atoms with Crippen LogP contribution < -0.4 is 10.4 Å². The number of thioether (sulfide) groups is 2. The first-order valence-corrected chi connectivity index (χ1v) is 16.5. The molecule has 1 aliphatic rings. The van der Waals surface area contributed by atoms with E-state index >= 15 is 0 Å². The Hall–Kier alpha value is -0.763. The van der Waals surface area contributed by atoms with Crippen LogP contribution in [0.5, 0.6) is 0 Å². The zero-order valence-corrected chi connectivity index (χ0v) is 24.5. The fraction of sp³-hybridized carbons (Fsp3) is 0.571. The minimum atomic E-state index is -2.69. The molecule has 0 radical (unpaired) electrons. The maximum atomic E-state index is 7.58. The highest BCUT2D eigenvalue weighted by atomic mass is 32.2. The summed E-state index contributed by atoms with van der Waals surface area (Å²) < 4.78 is 20.5. The lowest BCUT2D eigenvalue weighted by molar-refractivity contribution is -0.149. The highest BCUT2D eigenvalue weighted by Gasteiger charge is 2.53. The maximum absolute atomic E-state index is 7.58. The van der Waals surface area contributed by atoms with Crippen molar-refractivity contribution in [1.82, 2.24) is 0 Å². The lowest BCUT2D eigenvalue weighted by Crippen LogP contribution is -2.68. The summed E-state index contributed by atoms with van der Waals surface area (Å²) in [6.45, 7) is 16.1. The third-order valence-corrected chi connectivity index (χ3v) is 14.0. The van der Waals surface area contributed by atoms with E-state index in [2.05, 4.69) is 95.3 Å². The van der Waals surface area contributed by atoms with Gasteiger partial charge in [-0.2, -0.15) is 0 Å². The number of hydrogen-bond donors (Lipinski definition) is 0. The second-order valence-electron chi connectivity index (χ2n) is 10.3. The first-order valence-electron chi connectivity index (χ1n) is 12.5. The van der Waals surface area contributed by atoms with Crippen LogP contribution in [0, 0.1) is 0 Å². The maximum Gasteiger partial charge on any atom is 0.261 e. The van der Waals surface area contributed by atoms with Crippen LogP contribution >= 0.6 is 23.5 Å². The van der Waals surface area contributed by atoms with Gasteiger partial charge in [-0.25, -0.2) is 0 Å². The topological polar surface area (TPSA) is 27.7 Å². The van der Waals surface area contributed by atoms with Crippen LogP contribution in [0.3, 0.4) is 0 Å². The molecule has 0 N–H and O–H groups in total. The quantitative estimate of drug-likeness (QED) is 0.257. The van der Waals surface area contributed by atoms with Crippen molar-refractivity contribution in [2.24, 2.45) is 0 Å². The molecule has 0 bridgehead atoms. The van der Waals surface area contributed by atoms with E-state index in [0.29, 0.717) is 11.2 Å². The van der Waals surface area contributed by atoms with E-state index in [-0.39, 0.29) is 17.2 Å². The van der Waals surface area contributed by atoms with Gasteiger partial charge in [0.05, 0.1) is 17.3 Å². The summed E-state index contributed by atoms with van der Waals surface area (Å²) in [6, 6.07) is 21.8. The van der Waals surface area contributed by atoms with Gasteiger partial charge < -0.3 is 13.9 Å². The van der Waals surface area contributed by atoms with Crippen molar-refractivity contribution in [1.29, 1.82) is 0 Å². The van der Waals surface area contributed by atoms with Crippen LogP contribution in [0.25, 0.3) is 0 Å². The SMILES string of the molecule is CCSC(C[C@@H](O[Si](c1ccccc1)(c1ccccc1)C(C)(C)C)[C@@H]1COC(C)(C)O1)SCC. The molecule has 0 aliphatic carbocycles. The second-order valence-corrected chi connectivity index (χ2v) is 17.8. The number of hydrogen-bond acceptors (Lipinski definition) is 5. The van der Waals surface area contributed by atoms with Crippen LogP contribution in [0.4, 0.5) is 0 Å². The molecule has 0 amide bonds. The third-order valence-electron chi connectivity index (χ3n) is 6.32. The Balaban J connectivity index is 2.12. The summed E-state index contributed by atoms with van der Waals surface area (Å²) in [5.74, 6) is 1.61. The molecule has 34 heavy (non-hydrogen) atoms. The molecule has 188 valence electrons. The Kier molecular flexibility index (Phi) is 9.80. The van der Waals surface area contributed by atoms with E-state index in [1.165, 1.54) is 10.4 Å². The first kappa shape index (κ1) is 27.8. The van der Waals surface area contributed by atoms with Gasteiger partial charge in [-0.05, 0) is 47.2 Å². The smallest absolute Gasteiger partial charge is 0.261 e. The van der Waals surface area contributed by atoms with Crippen molar-refractivity contribution < 1.29 is 13.9 Å². The predicted octanol–water partition coefficient (Wildman–Crippen LogP) is 6.31. The Morgan fingerprint density at radius 2 is 1.44 bits per heavy atom. The molecule has 2 atom stereocenters. The summed E-state index contributed by atoms with van der Waals surface area (Å²) in [5.41, 5.74) is 0. The average Bonchev–Trinajstić information content (AvgIpc) is 3.17. The summed E-state index contributed by atoms with van der Waals surface area (Å²) in [4.78, 5) is 0. The number of rotatable bonds is 11. The molecule has 0 aromatic heterocycles. The van der Waals surface area contributed by atoms with E-state index < -0.39 is 14.1 Å². The van der Waals surface area contributed by atoms with Crippen LogP contribution in [-0.2, 0) is 13.9 Å². The highest BCUT2D eigenvalue weighted by Crippen LogP contribution is 2.41. The van der Waals surface area contributed by atoms with Gasteiger partial charge in [0, 0.05) is 0 Å². The average molecular weight is 519 g/mol. The molecule has 3 nitrogen and oxygen atoms in total. The molecule has 0 unspecified atom stereocenters. The van der Waals surface area contributed by atoms with E-state index in [9.17, 15) is 0 Å². The van der Waals surface area contributed by atoms with Gasteiger partial charge in [0.15, 0.2) is 5.79 Å². The van der Waals surface area contributed by atoms with Crippen molar-refractivity contribution in [3.05, 3.63) is 60.7 Å². The Morgan fingerprint density at radius 1 is 0.941 bits per heavy atom. The summed E-state index contributed by atoms with van der Waals surface area (Å²) in [7, 11) is -2.69. The Bertz CT molecular complexity index is 825. The summed E-state index contributed by atoms with van der Waals surface area (Å²) >= 11 is 4.03. The minimum absolute atomic E-state index is 0.0591. The van der Waals surface area contributed by atoms with Gasteiger partial charge in [0.2, 0.25) is 0 Å². The Labute approximate surface area is 216 Å². The lowest BCUT2D eigenvalue weighted by Gasteiger charge is -2.46. The molecule has 0 saturated carbocycles. The van der Waals surface area contributed by atoms with Crippen LogP contribution in [-0.4, -0.2) is 49.0 Å². The van der Waals surface area contributed by atoms with E-state index in [4.69, 9.17) is 13.9 Å². The number of benzene rings is 2. The predicted molar refractivity (Wildman–Crippen MR) is 152 cm³/mol. The van der Waals surface area contributed by atoms with Crippen molar-refractivity contribution in [2.75, 3.05) is 18.1 Å². The highest BCUT2D eigenvalue weighted by molar-refractivity contribution is 8.16. The molecule has 2 aromatic carbocycles. The molecule has 0 spiro atoms. The molecular formula is C28H42O3S2Si. The van der Waals surface area contributed by atoms with Crippen molar-refractivity contribution in [2.45, 2.75) is 82.5 Å². The van der Waals surface area contributed by atoms with E-state index in [1.54, 1.807) is 0 Å².